The van der Waals surface area contributed by atoms with Crippen LogP contribution in [0.25, 0.3) is 4.96 Å². The monoisotopic (exact) mass is 387 g/mol. The van der Waals surface area contributed by atoms with Crippen molar-refractivity contribution >= 4 is 22.3 Å². The Morgan fingerprint density at radius 2 is 2.07 bits per heavy atom. The van der Waals surface area contributed by atoms with E-state index in [-0.39, 0.29) is 18.0 Å². The Labute approximate surface area is 158 Å². The predicted octanol–water partition coefficient (Wildman–Crippen LogP) is 3.15. The van der Waals surface area contributed by atoms with Gasteiger partial charge >= 0.3 is 5.97 Å². The van der Waals surface area contributed by atoms with Gasteiger partial charge in [0.25, 0.3) is 5.56 Å². The maximum atomic E-state index is 14.4. The minimum absolute atomic E-state index is 0.0679. The van der Waals surface area contributed by atoms with Crippen LogP contribution in [0, 0.1) is 12.7 Å². The van der Waals surface area contributed by atoms with E-state index < -0.39 is 11.4 Å². The van der Waals surface area contributed by atoms with Gasteiger partial charge in [-0.3, -0.25) is 9.59 Å². The van der Waals surface area contributed by atoms with Crippen LogP contribution in [-0.4, -0.2) is 20.6 Å². The molecule has 0 radical (unpaired) electrons. The summed E-state index contributed by atoms with van der Waals surface area (Å²) in [5.74, 6) is -0.830. The number of esters is 1. The summed E-state index contributed by atoms with van der Waals surface area (Å²) in [7, 11) is 0. The van der Waals surface area contributed by atoms with Crippen LogP contribution in [-0.2, 0) is 21.6 Å². The molecule has 6 nitrogen and oxygen atoms in total. The van der Waals surface area contributed by atoms with Crippen molar-refractivity contribution in [3.05, 3.63) is 62.8 Å². The summed E-state index contributed by atoms with van der Waals surface area (Å²) in [6, 6.07) is 7.77. The molecular weight excluding hydrogens is 369 g/mol. The summed E-state index contributed by atoms with van der Waals surface area (Å²) in [6.45, 7) is 1.67. The third-order valence-electron chi connectivity index (χ3n) is 4.98. The normalized spacial score (nSPS) is 15.9. The van der Waals surface area contributed by atoms with E-state index in [0.717, 1.165) is 12.8 Å². The lowest BCUT2D eigenvalue weighted by molar-refractivity contribution is -0.152. The van der Waals surface area contributed by atoms with E-state index in [9.17, 15) is 14.0 Å². The fraction of sp³-hybridized carbons (Fsp3) is 0.368. The maximum absolute atomic E-state index is 14.4. The number of nitrogens with zero attached hydrogens (tertiary/aromatic N) is 3. The number of fused-ring (bicyclic) bond motifs is 1. The minimum atomic E-state index is -0.951. The van der Waals surface area contributed by atoms with Crippen molar-refractivity contribution in [2.24, 2.45) is 0 Å². The first-order chi connectivity index (χ1) is 13.0. The highest BCUT2D eigenvalue weighted by molar-refractivity contribution is 7.16. The van der Waals surface area contributed by atoms with Gasteiger partial charge in [0, 0.05) is 17.3 Å². The number of rotatable bonds is 4. The van der Waals surface area contributed by atoms with Crippen molar-refractivity contribution in [1.82, 2.24) is 14.6 Å². The predicted molar refractivity (Wildman–Crippen MR) is 98.2 cm³/mol. The lowest BCUT2D eigenvalue weighted by Gasteiger charge is -2.27. The molecule has 1 aliphatic carbocycles. The third-order valence-corrected chi connectivity index (χ3v) is 5.86. The number of aromatic nitrogens is 3. The van der Waals surface area contributed by atoms with Gasteiger partial charge in [0.2, 0.25) is 4.96 Å². The average Bonchev–Trinajstić information content (AvgIpc) is 3.28. The molecular formula is C19H18FN3O3S. The summed E-state index contributed by atoms with van der Waals surface area (Å²) in [4.78, 5) is 29.6. The zero-order valence-electron chi connectivity index (χ0n) is 14.8. The first-order valence-electron chi connectivity index (χ1n) is 8.78. The van der Waals surface area contributed by atoms with Gasteiger partial charge in [0.1, 0.15) is 12.4 Å². The Hall–Kier alpha value is -2.61. The fourth-order valence-corrected chi connectivity index (χ4v) is 4.55. The second-order valence-electron chi connectivity index (χ2n) is 6.77. The van der Waals surface area contributed by atoms with Crippen LogP contribution in [0.4, 0.5) is 4.39 Å². The molecule has 0 unspecified atom stereocenters. The molecule has 1 saturated carbocycles. The summed E-state index contributed by atoms with van der Waals surface area (Å²) < 4.78 is 21.1. The van der Waals surface area contributed by atoms with Crippen LogP contribution in [0.3, 0.4) is 0 Å². The second kappa shape index (κ2) is 6.84. The van der Waals surface area contributed by atoms with Crippen molar-refractivity contribution in [2.75, 3.05) is 0 Å². The summed E-state index contributed by atoms with van der Waals surface area (Å²) in [5, 5.41) is 4.65. The zero-order valence-corrected chi connectivity index (χ0v) is 15.6. The van der Waals surface area contributed by atoms with Gasteiger partial charge in [-0.25, -0.2) is 9.37 Å². The van der Waals surface area contributed by atoms with Crippen LogP contribution in [0.2, 0.25) is 0 Å². The largest absolute Gasteiger partial charge is 0.458 e. The van der Waals surface area contributed by atoms with E-state index in [2.05, 4.69) is 10.1 Å². The van der Waals surface area contributed by atoms with Crippen molar-refractivity contribution in [1.29, 1.82) is 0 Å². The van der Waals surface area contributed by atoms with Gasteiger partial charge in [0.15, 0.2) is 5.01 Å². The number of aryl methyl sites for hydroxylation is 1. The van der Waals surface area contributed by atoms with Crippen molar-refractivity contribution < 1.29 is 13.9 Å². The Balaban J connectivity index is 1.59. The number of ether oxygens (including phenoxy) is 1. The van der Waals surface area contributed by atoms with Gasteiger partial charge < -0.3 is 4.74 Å². The molecule has 0 spiro atoms. The molecule has 0 saturated heterocycles. The van der Waals surface area contributed by atoms with Crippen LogP contribution in [0.5, 0.6) is 0 Å². The topological polar surface area (TPSA) is 73.6 Å². The van der Waals surface area contributed by atoms with Crippen molar-refractivity contribution in [3.63, 3.8) is 0 Å². The first-order valence-corrected chi connectivity index (χ1v) is 9.60. The smallest absolute Gasteiger partial charge is 0.317 e. The first kappa shape index (κ1) is 17.8. The molecule has 0 bridgehead atoms. The molecule has 27 heavy (non-hydrogen) atoms. The minimum Gasteiger partial charge on any atom is -0.458 e. The van der Waals surface area contributed by atoms with Gasteiger partial charge in [0.05, 0.1) is 5.41 Å². The lowest BCUT2D eigenvalue weighted by Crippen LogP contribution is -2.35. The number of carbonyl (C=O) groups is 1. The van der Waals surface area contributed by atoms with E-state index in [1.807, 2.05) is 0 Å². The molecule has 0 N–H and O–H groups in total. The molecule has 1 aromatic carbocycles. The quantitative estimate of drug-likeness (QED) is 0.643. The van der Waals surface area contributed by atoms with E-state index in [1.165, 1.54) is 28.0 Å². The summed E-state index contributed by atoms with van der Waals surface area (Å²) in [5.41, 5.74) is -0.222. The molecule has 4 rings (SSSR count). The lowest BCUT2D eigenvalue weighted by atomic mass is 9.78. The maximum Gasteiger partial charge on any atom is 0.317 e. The van der Waals surface area contributed by atoms with Crippen LogP contribution in [0.1, 0.15) is 41.9 Å². The van der Waals surface area contributed by atoms with E-state index >= 15 is 0 Å². The highest BCUT2D eigenvalue weighted by Gasteiger charge is 2.45. The molecule has 1 fully saturated rings. The summed E-state index contributed by atoms with van der Waals surface area (Å²) >= 11 is 1.20. The standard InChI is InChI=1S/C19H18FN3O3S/c1-12-10-16(24)23-18(21-12)27-15(22-23)11-26-17(25)19(8-4-5-9-19)13-6-2-3-7-14(13)20/h2-3,6-7,10H,4-5,8-9,11H2,1H3. The average molecular weight is 387 g/mol. The Bertz CT molecular complexity index is 1070. The number of halogens is 1. The highest BCUT2D eigenvalue weighted by atomic mass is 32.1. The molecule has 0 atom stereocenters. The van der Waals surface area contributed by atoms with Gasteiger partial charge in [-0.15, -0.1) is 0 Å². The van der Waals surface area contributed by atoms with Crippen LogP contribution < -0.4 is 5.56 Å². The Kier molecular flexibility index (Phi) is 4.51. The molecule has 140 valence electrons. The molecule has 1 aliphatic rings. The van der Waals surface area contributed by atoms with Gasteiger partial charge in [-0.1, -0.05) is 42.4 Å². The SMILES string of the molecule is Cc1cc(=O)n2nc(COC(=O)C3(c4ccccc4F)CCCC3)sc2n1. The second-order valence-corrected chi connectivity index (χ2v) is 7.81. The van der Waals surface area contributed by atoms with Crippen LogP contribution >= 0.6 is 11.3 Å². The number of hydrogen-bond acceptors (Lipinski definition) is 6. The van der Waals surface area contributed by atoms with E-state index in [1.54, 1.807) is 25.1 Å². The zero-order chi connectivity index (χ0) is 19.0. The van der Waals surface area contributed by atoms with E-state index in [4.69, 9.17) is 4.74 Å². The third kappa shape index (κ3) is 3.14. The number of carbonyl (C=O) groups excluding carboxylic acids is 1. The van der Waals surface area contributed by atoms with Crippen molar-refractivity contribution in [2.45, 2.75) is 44.6 Å². The highest BCUT2D eigenvalue weighted by Crippen LogP contribution is 2.43. The Morgan fingerprint density at radius 1 is 1.33 bits per heavy atom. The number of benzene rings is 1. The number of hydrogen-bond donors (Lipinski definition) is 0. The van der Waals surface area contributed by atoms with Gasteiger partial charge in [-0.05, 0) is 25.8 Å². The molecule has 2 aromatic heterocycles. The fourth-order valence-electron chi connectivity index (χ4n) is 3.70. The van der Waals surface area contributed by atoms with Crippen molar-refractivity contribution in [3.8, 4) is 0 Å². The summed E-state index contributed by atoms with van der Waals surface area (Å²) in [6.07, 6.45) is 2.83. The van der Waals surface area contributed by atoms with Crippen LogP contribution in [0.15, 0.2) is 35.1 Å². The van der Waals surface area contributed by atoms with Gasteiger partial charge in [-0.2, -0.15) is 9.61 Å². The molecule has 8 heteroatoms. The molecule has 3 aromatic rings. The van der Waals surface area contributed by atoms with E-state index in [0.29, 0.717) is 34.1 Å². The molecule has 0 aliphatic heterocycles. The molecule has 2 heterocycles. The Morgan fingerprint density at radius 3 is 2.81 bits per heavy atom. The molecule has 0 amide bonds.